The number of methoxy groups -OCH3 is 1. The van der Waals surface area contributed by atoms with Gasteiger partial charge in [-0.2, -0.15) is 0 Å². The first-order valence-electron chi connectivity index (χ1n) is 10.2. The van der Waals surface area contributed by atoms with Crippen molar-refractivity contribution in [3.8, 4) is 22.6 Å². The summed E-state index contributed by atoms with van der Waals surface area (Å²) in [6, 6.07) is 9.61. The molecule has 0 aromatic heterocycles. The van der Waals surface area contributed by atoms with E-state index in [1.165, 1.54) is 0 Å². The lowest BCUT2D eigenvalue weighted by molar-refractivity contribution is -0.151. The highest BCUT2D eigenvalue weighted by atomic mass is 16.6. The number of esters is 1. The molecule has 0 radical (unpaired) electrons. The first-order valence-corrected chi connectivity index (χ1v) is 10.2. The highest BCUT2D eigenvalue weighted by Gasteiger charge is 2.25. The largest absolute Gasteiger partial charge is 0.496 e. The van der Waals surface area contributed by atoms with E-state index >= 15 is 0 Å². The average Bonchev–Trinajstić information content (AvgIpc) is 3.37. The normalized spacial score (nSPS) is 16.0. The maximum atomic E-state index is 12.3. The molecule has 5 nitrogen and oxygen atoms in total. The van der Waals surface area contributed by atoms with Gasteiger partial charge in [0.15, 0.2) is 12.4 Å². The van der Waals surface area contributed by atoms with Crippen LogP contribution < -0.4 is 9.47 Å². The third-order valence-corrected chi connectivity index (χ3v) is 5.88. The Morgan fingerprint density at radius 2 is 1.79 bits per heavy atom. The van der Waals surface area contributed by atoms with E-state index in [9.17, 15) is 9.59 Å². The fourth-order valence-corrected chi connectivity index (χ4v) is 4.39. The van der Waals surface area contributed by atoms with E-state index in [0.29, 0.717) is 17.9 Å². The Balaban J connectivity index is 1.64. The molecule has 1 fully saturated rings. The van der Waals surface area contributed by atoms with Gasteiger partial charge in [-0.1, -0.05) is 18.2 Å². The second-order valence-electron chi connectivity index (χ2n) is 7.71. The molecule has 4 rings (SSSR count). The standard InChI is InChI=1S/C24H26O5/c1-15-22(27-2)13-11-20(17-8-5-9-19-18(17)10-12-21(19)25)24(15)28-14-23(26)29-16-6-3-4-7-16/h5,8-9,11,13,16H,3-4,6-7,10,12,14H2,1-2H3. The Hall–Kier alpha value is -2.82. The zero-order valence-corrected chi connectivity index (χ0v) is 17.0. The van der Waals surface area contributed by atoms with E-state index in [2.05, 4.69) is 0 Å². The third kappa shape index (κ3) is 3.86. The van der Waals surface area contributed by atoms with Gasteiger partial charge in [0.25, 0.3) is 0 Å². The highest BCUT2D eigenvalue weighted by molar-refractivity contribution is 6.02. The lowest BCUT2D eigenvalue weighted by atomic mass is 9.94. The number of ether oxygens (including phenoxy) is 3. The van der Waals surface area contributed by atoms with Crippen molar-refractivity contribution >= 4 is 11.8 Å². The molecule has 0 N–H and O–H groups in total. The predicted octanol–water partition coefficient (Wildman–Crippen LogP) is 4.66. The Morgan fingerprint density at radius 1 is 1.03 bits per heavy atom. The molecule has 0 saturated heterocycles. The van der Waals surface area contributed by atoms with E-state index in [4.69, 9.17) is 14.2 Å². The van der Waals surface area contributed by atoms with Gasteiger partial charge >= 0.3 is 5.97 Å². The molecule has 2 aliphatic rings. The highest BCUT2D eigenvalue weighted by Crippen LogP contribution is 2.41. The molecule has 2 aliphatic carbocycles. The number of benzene rings is 2. The molecule has 0 bridgehead atoms. The molecule has 0 spiro atoms. The van der Waals surface area contributed by atoms with Crippen molar-refractivity contribution in [1.82, 2.24) is 0 Å². The fourth-order valence-electron chi connectivity index (χ4n) is 4.39. The second-order valence-corrected chi connectivity index (χ2v) is 7.71. The minimum Gasteiger partial charge on any atom is -0.496 e. The summed E-state index contributed by atoms with van der Waals surface area (Å²) < 4.78 is 17.0. The molecule has 5 heteroatoms. The average molecular weight is 394 g/mol. The van der Waals surface area contributed by atoms with Crippen LogP contribution in [0.25, 0.3) is 11.1 Å². The van der Waals surface area contributed by atoms with Crippen LogP contribution in [0.4, 0.5) is 0 Å². The molecule has 0 heterocycles. The van der Waals surface area contributed by atoms with Crippen molar-refractivity contribution < 1.29 is 23.8 Å². The van der Waals surface area contributed by atoms with Crippen molar-refractivity contribution in [2.24, 2.45) is 0 Å². The number of fused-ring (bicyclic) bond motifs is 1. The molecule has 0 unspecified atom stereocenters. The summed E-state index contributed by atoms with van der Waals surface area (Å²) in [6.45, 7) is 1.76. The summed E-state index contributed by atoms with van der Waals surface area (Å²) in [6.07, 6.45) is 5.34. The van der Waals surface area contributed by atoms with Gasteiger partial charge in [-0.3, -0.25) is 4.79 Å². The van der Waals surface area contributed by atoms with Crippen molar-refractivity contribution in [2.75, 3.05) is 13.7 Å². The number of hydrogen-bond acceptors (Lipinski definition) is 5. The van der Waals surface area contributed by atoms with E-state index in [0.717, 1.165) is 59.9 Å². The smallest absolute Gasteiger partial charge is 0.344 e. The van der Waals surface area contributed by atoms with Crippen LogP contribution in [0.1, 0.15) is 53.6 Å². The number of carbonyl (C=O) groups is 2. The summed E-state index contributed by atoms with van der Waals surface area (Å²) in [4.78, 5) is 24.5. The number of carbonyl (C=O) groups excluding carboxylic acids is 2. The Labute approximate surface area is 171 Å². The molecule has 29 heavy (non-hydrogen) atoms. The first kappa shape index (κ1) is 19.5. The molecule has 0 amide bonds. The summed E-state index contributed by atoms with van der Waals surface area (Å²) in [5.41, 5.74) is 4.48. The molecule has 152 valence electrons. The first-order chi connectivity index (χ1) is 14.1. The zero-order chi connectivity index (χ0) is 20.4. The molecule has 2 aromatic carbocycles. The number of rotatable bonds is 6. The van der Waals surface area contributed by atoms with Crippen LogP contribution in [-0.2, 0) is 16.0 Å². The molecule has 1 saturated carbocycles. The van der Waals surface area contributed by atoms with Crippen LogP contribution in [0.5, 0.6) is 11.5 Å². The molecule has 2 aromatic rings. The maximum Gasteiger partial charge on any atom is 0.344 e. The van der Waals surface area contributed by atoms with Gasteiger partial charge in [0.1, 0.15) is 17.6 Å². The predicted molar refractivity (Wildman–Crippen MR) is 110 cm³/mol. The molecular weight excluding hydrogens is 368 g/mol. The number of hydrogen-bond donors (Lipinski definition) is 0. The summed E-state index contributed by atoms with van der Waals surface area (Å²) in [5.74, 6) is 1.12. The Kier molecular flexibility index (Phi) is 5.56. The SMILES string of the molecule is COc1ccc(-c2cccc3c2CCC3=O)c(OCC(=O)OC2CCCC2)c1C. The van der Waals surface area contributed by atoms with Crippen molar-refractivity contribution in [3.05, 3.63) is 47.0 Å². The maximum absolute atomic E-state index is 12.3. The fraction of sp³-hybridized carbons (Fsp3) is 0.417. The summed E-state index contributed by atoms with van der Waals surface area (Å²) in [7, 11) is 1.61. The summed E-state index contributed by atoms with van der Waals surface area (Å²) >= 11 is 0. The number of Topliss-reactive ketones (excluding diaryl/α,β-unsaturated/α-hetero) is 1. The van der Waals surface area contributed by atoms with Gasteiger partial charge in [-0.15, -0.1) is 0 Å². The van der Waals surface area contributed by atoms with Crippen LogP contribution in [-0.4, -0.2) is 31.6 Å². The number of ketones is 1. The molecular formula is C24H26O5. The zero-order valence-electron chi connectivity index (χ0n) is 17.0. The minimum atomic E-state index is -0.349. The topological polar surface area (TPSA) is 61.8 Å². The van der Waals surface area contributed by atoms with Crippen LogP contribution in [0.15, 0.2) is 30.3 Å². The van der Waals surface area contributed by atoms with E-state index in [1.807, 2.05) is 37.3 Å². The van der Waals surface area contributed by atoms with Crippen LogP contribution in [0.3, 0.4) is 0 Å². The van der Waals surface area contributed by atoms with Gasteiger partial charge in [0, 0.05) is 23.1 Å². The van der Waals surface area contributed by atoms with Crippen molar-refractivity contribution in [1.29, 1.82) is 0 Å². The Morgan fingerprint density at radius 3 is 2.55 bits per heavy atom. The Bertz CT molecular complexity index is 941. The van der Waals surface area contributed by atoms with E-state index in [1.54, 1.807) is 7.11 Å². The lowest BCUT2D eigenvalue weighted by Gasteiger charge is -2.19. The van der Waals surface area contributed by atoms with Gasteiger partial charge in [0.05, 0.1) is 7.11 Å². The monoisotopic (exact) mass is 394 g/mol. The molecule has 0 aliphatic heterocycles. The van der Waals surface area contributed by atoms with Crippen LogP contribution in [0, 0.1) is 6.92 Å². The molecule has 0 atom stereocenters. The van der Waals surface area contributed by atoms with Gasteiger partial charge < -0.3 is 14.2 Å². The van der Waals surface area contributed by atoms with Gasteiger partial charge in [0.2, 0.25) is 0 Å². The second kappa shape index (κ2) is 8.27. The lowest BCUT2D eigenvalue weighted by Crippen LogP contribution is -2.21. The van der Waals surface area contributed by atoms with Crippen molar-refractivity contribution in [3.63, 3.8) is 0 Å². The minimum absolute atomic E-state index is 0.0142. The van der Waals surface area contributed by atoms with Crippen molar-refractivity contribution in [2.45, 2.75) is 51.6 Å². The van der Waals surface area contributed by atoms with E-state index < -0.39 is 0 Å². The summed E-state index contributed by atoms with van der Waals surface area (Å²) in [5, 5.41) is 0. The van der Waals surface area contributed by atoms with Crippen LogP contribution in [0.2, 0.25) is 0 Å². The van der Waals surface area contributed by atoms with E-state index in [-0.39, 0.29) is 24.5 Å². The third-order valence-electron chi connectivity index (χ3n) is 5.88. The van der Waals surface area contributed by atoms with Crippen LogP contribution >= 0.6 is 0 Å². The van der Waals surface area contributed by atoms with Gasteiger partial charge in [-0.05, 0) is 62.3 Å². The van der Waals surface area contributed by atoms with Gasteiger partial charge in [-0.25, -0.2) is 4.79 Å². The quantitative estimate of drug-likeness (QED) is 0.667.